The molecule has 1 aromatic rings. The van der Waals surface area contributed by atoms with E-state index in [4.69, 9.17) is 0 Å². The van der Waals surface area contributed by atoms with Crippen LogP contribution in [0.25, 0.3) is 0 Å². The van der Waals surface area contributed by atoms with Crippen LogP contribution in [0.4, 0.5) is 0 Å². The van der Waals surface area contributed by atoms with E-state index in [-0.39, 0.29) is 0 Å². The molecule has 2 atom stereocenters. The van der Waals surface area contributed by atoms with Crippen molar-refractivity contribution >= 4 is 9.84 Å². The largest absolute Gasteiger partial charge is 0.310 e. The quantitative estimate of drug-likeness (QED) is 0.911. The van der Waals surface area contributed by atoms with E-state index in [0.717, 1.165) is 18.0 Å². The van der Waals surface area contributed by atoms with Crippen LogP contribution < -0.4 is 5.32 Å². The summed E-state index contributed by atoms with van der Waals surface area (Å²) < 4.78 is 22.7. The molecule has 0 heterocycles. The maximum absolute atomic E-state index is 11.3. The average molecular weight is 267 g/mol. The number of rotatable bonds is 4. The first-order valence-electron chi connectivity index (χ1n) is 6.49. The van der Waals surface area contributed by atoms with E-state index >= 15 is 0 Å². The number of benzene rings is 1. The summed E-state index contributed by atoms with van der Waals surface area (Å²) in [5.74, 6) is 0.750. The van der Waals surface area contributed by atoms with E-state index in [9.17, 15) is 8.42 Å². The minimum Gasteiger partial charge on any atom is -0.310 e. The first-order chi connectivity index (χ1) is 8.47. The fourth-order valence-corrected chi connectivity index (χ4v) is 3.18. The molecule has 0 radical (unpaired) electrons. The number of sulfone groups is 1. The molecule has 1 aliphatic rings. The summed E-state index contributed by atoms with van der Waals surface area (Å²) in [4.78, 5) is 0.389. The van der Waals surface area contributed by atoms with Crippen LogP contribution in [0, 0.1) is 5.92 Å². The number of nitrogens with one attached hydrogen (secondary N) is 1. The minimum absolute atomic E-state index is 0.389. The molecule has 2 rings (SSSR count). The SMILES string of the molecule is CC1CCCC1NCc1ccc(S(C)(=O)=O)cc1. The molecule has 1 aliphatic carbocycles. The molecular weight excluding hydrogens is 246 g/mol. The van der Waals surface area contributed by atoms with Gasteiger partial charge in [0.15, 0.2) is 9.84 Å². The van der Waals surface area contributed by atoms with Gasteiger partial charge in [-0.05, 0) is 36.5 Å². The summed E-state index contributed by atoms with van der Waals surface area (Å²) in [5, 5.41) is 3.56. The Morgan fingerprint density at radius 3 is 2.39 bits per heavy atom. The van der Waals surface area contributed by atoms with Crippen molar-refractivity contribution in [1.29, 1.82) is 0 Å². The topological polar surface area (TPSA) is 46.2 Å². The van der Waals surface area contributed by atoms with Gasteiger partial charge < -0.3 is 5.32 Å². The maximum Gasteiger partial charge on any atom is 0.175 e. The molecule has 18 heavy (non-hydrogen) atoms. The standard InChI is InChI=1S/C14H21NO2S/c1-11-4-3-5-14(11)15-10-12-6-8-13(9-7-12)18(2,16)17/h6-9,11,14-15H,3-5,10H2,1-2H3. The lowest BCUT2D eigenvalue weighted by Crippen LogP contribution is -2.30. The van der Waals surface area contributed by atoms with Crippen LogP contribution in [0.3, 0.4) is 0 Å². The second-order valence-corrected chi connectivity index (χ2v) is 7.33. The van der Waals surface area contributed by atoms with Crippen molar-refractivity contribution in [2.24, 2.45) is 5.92 Å². The Morgan fingerprint density at radius 2 is 1.89 bits per heavy atom. The summed E-state index contributed by atoms with van der Waals surface area (Å²) in [5.41, 5.74) is 1.14. The fourth-order valence-electron chi connectivity index (χ4n) is 2.55. The van der Waals surface area contributed by atoms with Crippen LogP contribution in [-0.4, -0.2) is 20.7 Å². The van der Waals surface area contributed by atoms with Gasteiger partial charge in [0, 0.05) is 18.8 Å². The summed E-state index contributed by atoms with van der Waals surface area (Å²) in [6.45, 7) is 3.11. The molecule has 1 saturated carbocycles. The van der Waals surface area contributed by atoms with E-state index in [0.29, 0.717) is 10.9 Å². The van der Waals surface area contributed by atoms with Gasteiger partial charge in [0.1, 0.15) is 0 Å². The van der Waals surface area contributed by atoms with Crippen molar-refractivity contribution in [1.82, 2.24) is 5.32 Å². The van der Waals surface area contributed by atoms with Crippen LogP contribution >= 0.6 is 0 Å². The average Bonchev–Trinajstić information content (AvgIpc) is 2.72. The summed E-state index contributed by atoms with van der Waals surface area (Å²) in [6, 6.07) is 7.76. The van der Waals surface area contributed by atoms with Crippen molar-refractivity contribution in [3.63, 3.8) is 0 Å². The Labute approximate surface area is 110 Å². The fraction of sp³-hybridized carbons (Fsp3) is 0.571. The lowest BCUT2D eigenvalue weighted by atomic mass is 10.1. The summed E-state index contributed by atoms with van der Waals surface area (Å²) in [7, 11) is -3.08. The third-order valence-corrected chi connectivity index (χ3v) is 4.91. The van der Waals surface area contributed by atoms with Crippen molar-refractivity contribution < 1.29 is 8.42 Å². The van der Waals surface area contributed by atoms with Crippen LogP contribution in [0.5, 0.6) is 0 Å². The molecule has 4 heteroatoms. The predicted molar refractivity (Wildman–Crippen MR) is 73.2 cm³/mol. The molecular formula is C14H21NO2S. The molecule has 1 N–H and O–H groups in total. The Balaban J connectivity index is 1.94. The first-order valence-corrected chi connectivity index (χ1v) is 8.38. The molecule has 0 aromatic heterocycles. The molecule has 3 nitrogen and oxygen atoms in total. The highest BCUT2D eigenvalue weighted by molar-refractivity contribution is 7.90. The zero-order valence-corrected chi connectivity index (χ0v) is 11.8. The lowest BCUT2D eigenvalue weighted by molar-refractivity contribution is 0.426. The van der Waals surface area contributed by atoms with Gasteiger partial charge in [0.2, 0.25) is 0 Å². The van der Waals surface area contributed by atoms with Gasteiger partial charge in [-0.3, -0.25) is 0 Å². The predicted octanol–water partition coefficient (Wildman–Crippen LogP) is 2.37. The highest BCUT2D eigenvalue weighted by Gasteiger charge is 2.22. The monoisotopic (exact) mass is 267 g/mol. The molecule has 100 valence electrons. The van der Waals surface area contributed by atoms with Gasteiger partial charge in [0.05, 0.1) is 4.90 Å². The second-order valence-electron chi connectivity index (χ2n) is 5.31. The number of hydrogen-bond donors (Lipinski definition) is 1. The van der Waals surface area contributed by atoms with Gasteiger partial charge in [-0.2, -0.15) is 0 Å². The van der Waals surface area contributed by atoms with Gasteiger partial charge in [0.25, 0.3) is 0 Å². The lowest BCUT2D eigenvalue weighted by Gasteiger charge is -2.17. The Bertz CT molecular complexity index is 493. The van der Waals surface area contributed by atoms with Crippen molar-refractivity contribution in [3.05, 3.63) is 29.8 Å². The van der Waals surface area contributed by atoms with Crippen LogP contribution in [0.2, 0.25) is 0 Å². The van der Waals surface area contributed by atoms with Crippen molar-refractivity contribution in [2.75, 3.05) is 6.26 Å². The Kier molecular flexibility index (Phi) is 4.07. The van der Waals surface area contributed by atoms with Crippen LogP contribution in [-0.2, 0) is 16.4 Å². The zero-order chi connectivity index (χ0) is 13.2. The molecule has 0 bridgehead atoms. The zero-order valence-electron chi connectivity index (χ0n) is 11.0. The Hall–Kier alpha value is -0.870. The molecule has 0 saturated heterocycles. The van der Waals surface area contributed by atoms with Gasteiger partial charge in [-0.15, -0.1) is 0 Å². The van der Waals surface area contributed by atoms with Crippen molar-refractivity contribution in [3.8, 4) is 0 Å². The van der Waals surface area contributed by atoms with Crippen LogP contribution in [0.15, 0.2) is 29.2 Å². The van der Waals surface area contributed by atoms with Gasteiger partial charge >= 0.3 is 0 Å². The van der Waals surface area contributed by atoms with Crippen LogP contribution in [0.1, 0.15) is 31.7 Å². The van der Waals surface area contributed by atoms with E-state index < -0.39 is 9.84 Å². The third kappa shape index (κ3) is 3.33. The van der Waals surface area contributed by atoms with Gasteiger partial charge in [-0.1, -0.05) is 25.5 Å². The summed E-state index contributed by atoms with van der Waals surface area (Å²) >= 11 is 0. The normalized spacial score (nSPS) is 24.3. The highest BCUT2D eigenvalue weighted by Crippen LogP contribution is 2.25. The van der Waals surface area contributed by atoms with E-state index in [1.165, 1.54) is 25.5 Å². The summed E-state index contributed by atoms with van der Waals surface area (Å²) in [6.07, 6.45) is 5.11. The van der Waals surface area contributed by atoms with E-state index in [1.807, 2.05) is 12.1 Å². The molecule has 0 amide bonds. The highest BCUT2D eigenvalue weighted by atomic mass is 32.2. The molecule has 1 fully saturated rings. The molecule has 0 spiro atoms. The van der Waals surface area contributed by atoms with Gasteiger partial charge in [-0.25, -0.2) is 8.42 Å². The smallest absolute Gasteiger partial charge is 0.175 e. The second kappa shape index (κ2) is 5.41. The van der Waals surface area contributed by atoms with E-state index in [1.54, 1.807) is 12.1 Å². The first kappa shape index (κ1) is 13.6. The third-order valence-electron chi connectivity index (χ3n) is 3.78. The van der Waals surface area contributed by atoms with E-state index in [2.05, 4.69) is 12.2 Å². The molecule has 0 aliphatic heterocycles. The minimum atomic E-state index is -3.08. The molecule has 2 unspecified atom stereocenters. The van der Waals surface area contributed by atoms with Crippen molar-refractivity contribution in [2.45, 2.75) is 43.7 Å². The molecule has 1 aromatic carbocycles. The Morgan fingerprint density at radius 1 is 1.22 bits per heavy atom. The maximum atomic E-state index is 11.3. The number of hydrogen-bond acceptors (Lipinski definition) is 3.